The molecule has 1 N–H and O–H groups in total. The molecule has 0 bridgehead atoms. The molecule has 0 aliphatic carbocycles. The third kappa shape index (κ3) is 4.55. The minimum Gasteiger partial charge on any atom is -0.396 e. The third-order valence-electron chi connectivity index (χ3n) is 3.04. The Bertz CT molecular complexity index is 573. The smallest absolute Gasteiger partial charge is 0.254 e. The lowest BCUT2D eigenvalue weighted by atomic mass is 10.2. The van der Waals surface area contributed by atoms with Crippen LogP contribution in [-0.4, -0.2) is 34.0 Å². The van der Waals surface area contributed by atoms with Gasteiger partial charge in [0.15, 0.2) is 0 Å². The number of hydrogen-bond donors (Lipinski definition) is 1. The first kappa shape index (κ1) is 15.5. The lowest BCUT2D eigenvalue weighted by Gasteiger charge is -2.22. The molecule has 1 aromatic carbocycles. The third-order valence-corrected chi connectivity index (χ3v) is 3.30. The van der Waals surface area contributed by atoms with Crippen LogP contribution in [0.1, 0.15) is 22.5 Å². The molecule has 1 amide bonds. The summed E-state index contributed by atoms with van der Waals surface area (Å²) in [7, 11) is 0. The standard InChI is InChI=1S/C16H17ClN2O2/c17-14-7-5-13(6-8-14)16(21)19(10-3-11-20)12-15-4-1-2-9-18-15/h1-2,4-9,20H,3,10-12H2. The summed E-state index contributed by atoms with van der Waals surface area (Å²) >= 11 is 5.84. The number of amides is 1. The van der Waals surface area contributed by atoms with Crippen LogP contribution in [0.25, 0.3) is 0 Å². The highest BCUT2D eigenvalue weighted by molar-refractivity contribution is 6.30. The monoisotopic (exact) mass is 304 g/mol. The quantitative estimate of drug-likeness (QED) is 0.893. The number of rotatable bonds is 6. The Morgan fingerprint density at radius 3 is 2.57 bits per heavy atom. The molecule has 1 heterocycles. The average Bonchev–Trinajstić information content (AvgIpc) is 2.52. The van der Waals surface area contributed by atoms with Crippen LogP contribution < -0.4 is 0 Å². The van der Waals surface area contributed by atoms with Crippen LogP contribution in [-0.2, 0) is 6.54 Å². The van der Waals surface area contributed by atoms with Gasteiger partial charge in [-0.3, -0.25) is 9.78 Å². The second-order valence-electron chi connectivity index (χ2n) is 4.63. The van der Waals surface area contributed by atoms with Crippen molar-refractivity contribution in [3.63, 3.8) is 0 Å². The first-order valence-corrected chi connectivity index (χ1v) is 7.14. The van der Waals surface area contributed by atoms with E-state index in [1.54, 1.807) is 35.4 Å². The Kier molecular flexibility index (Phi) is 5.72. The largest absolute Gasteiger partial charge is 0.396 e. The fraction of sp³-hybridized carbons (Fsp3) is 0.250. The van der Waals surface area contributed by atoms with Crippen LogP contribution in [0.2, 0.25) is 5.02 Å². The molecular formula is C16H17ClN2O2. The van der Waals surface area contributed by atoms with Crippen LogP contribution in [0.5, 0.6) is 0 Å². The van der Waals surface area contributed by atoms with Crippen LogP contribution in [0, 0.1) is 0 Å². The van der Waals surface area contributed by atoms with E-state index in [1.807, 2.05) is 18.2 Å². The van der Waals surface area contributed by atoms with Gasteiger partial charge in [-0.1, -0.05) is 17.7 Å². The number of aliphatic hydroxyl groups excluding tert-OH is 1. The SMILES string of the molecule is O=C(c1ccc(Cl)cc1)N(CCCO)Cc1ccccn1. The summed E-state index contributed by atoms with van der Waals surface area (Å²) in [6.07, 6.45) is 2.23. The summed E-state index contributed by atoms with van der Waals surface area (Å²) < 4.78 is 0. The van der Waals surface area contributed by atoms with Crippen molar-refractivity contribution in [2.24, 2.45) is 0 Å². The minimum absolute atomic E-state index is 0.0482. The summed E-state index contributed by atoms with van der Waals surface area (Å²) in [6.45, 7) is 0.948. The first-order valence-electron chi connectivity index (χ1n) is 6.76. The van der Waals surface area contributed by atoms with Gasteiger partial charge in [-0.15, -0.1) is 0 Å². The van der Waals surface area contributed by atoms with Gasteiger partial charge < -0.3 is 10.0 Å². The second kappa shape index (κ2) is 7.76. The highest BCUT2D eigenvalue weighted by atomic mass is 35.5. The molecule has 0 radical (unpaired) electrons. The molecule has 2 aromatic rings. The molecule has 0 atom stereocenters. The highest BCUT2D eigenvalue weighted by Crippen LogP contribution is 2.13. The highest BCUT2D eigenvalue weighted by Gasteiger charge is 2.16. The maximum atomic E-state index is 12.5. The van der Waals surface area contributed by atoms with Crippen molar-refractivity contribution < 1.29 is 9.90 Å². The number of carbonyl (C=O) groups excluding carboxylic acids is 1. The molecule has 0 aliphatic rings. The number of halogens is 1. The molecule has 21 heavy (non-hydrogen) atoms. The van der Waals surface area contributed by atoms with Crippen LogP contribution in [0.4, 0.5) is 0 Å². The average molecular weight is 305 g/mol. The number of benzene rings is 1. The Morgan fingerprint density at radius 2 is 1.95 bits per heavy atom. The first-order chi connectivity index (χ1) is 10.2. The molecule has 4 nitrogen and oxygen atoms in total. The van der Waals surface area contributed by atoms with E-state index in [1.165, 1.54) is 0 Å². The summed E-state index contributed by atoms with van der Waals surface area (Å²) in [5, 5.41) is 9.59. The number of hydrogen-bond acceptors (Lipinski definition) is 3. The van der Waals surface area contributed by atoms with Gasteiger partial charge in [0.25, 0.3) is 5.91 Å². The fourth-order valence-corrected chi connectivity index (χ4v) is 2.10. The minimum atomic E-state index is -0.0919. The van der Waals surface area contributed by atoms with Gasteiger partial charge in [-0.05, 0) is 42.8 Å². The Morgan fingerprint density at radius 1 is 1.19 bits per heavy atom. The topological polar surface area (TPSA) is 53.4 Å². The molecule has 0 saturated heterocycles. The van der Waals surface area contributed by atoms with E-state index < -0.39 is 0 Å². The van der Waals surface area contributed by atoms with E-state index in [-0.39, 0.29) is 12.5 Å². The molecule has 110 valence electrons. The predicted octanol–water partition coefficient (Wildman–Crippen LogP) is 2.76. The molecule has 5 heteroatoms. The van der Waals surface area contributed by atoms with Crippen LogP contribution >= 0.6 is 11.6 Å². The van der Waals surface area contributed by atoms with E-state index in [0.717, 1.165) is 5.69 Å². The maximum absolute atomic E-state index is 12.5. The van der Waals surface area contributed by atoms with Crippen LogP contribution in [0.3, 0.4) is 0 Å². The summed E-state index contributed by atoms with van der Waals surface area (Å²) in [5.74, 6) is -0.0919. The van der Waals surface area contributed by atoms with E-state index in [9.17, 15) is 4.79 Å². The van der Waals surface area contributed by atoms with Gasteiger partial charge in [-0.2, -0.15) is 0 Å². The molecule has 2 rings (SSSR count). The summed E-state index contributed by atoms with van der Waals surface area (Å²) in [6, 6.07) is 12.4. The second-order valence-corrected chi connectivity index (χ2v) is 5.07. The molecule has 0 saturated carbocycles. The van der Waals surface area contributed by atoms with Gasteiger partial charge in [0.2, 0.25) is 0 Å². The molecule has 0 unspecified atom stereocenters. The van der Waals surface area contributed by atoms with Crippen molar-refractivity contribution in [2.75, 3.05) is 13.2 Å². The predicted molar refractivity (Wildman–Crippen MR) is 82.1 cm³/mol. The van der Waals surface area contributed by atoms with Gasteiger partial charge in [0, 0.05) is 29.9 Å². The van der Waals surface area contributed by atoms with Gasteiger partial charge >= 0.3 is 0 Å². The van der Waals surface area contributed by atoms with Crippen LogP contribution in [0.15, 0.2) is 48.7 Å². The number of aromatic nitrogens is 1. The van der Waals surface area contributed by atoms with Crippen molar-refractivity contribution in [3.05, 3.63) is 64.9 Å². The Balaban J connectivity index is 2.14. The van der Waals surface area contributed by atoms with Crippen molar-refractivity contribution >= 4 is 17.5 Å². The van der Waals surface area contributed by atoms with E-state index in [0.29, 0.717) is 30.1 Å². The number of nitrogens with zero attached hydrogens (tertiary/aromatic N) is 2. The molecule has 0 spiro atoms. The Hall–Kier alpha value is -1.91. The molecule has 1 aromatic heterocycles. The number of pyridine rings is 1. The normalized spacial score (nSPS) is 10.4. The summed E-state index contributed by atoms with van der Waals surface area (Å²) in [5.41, 5.74) is 1.39. The van der Waals surface area contributed by atoms with Crippen molar-refractivity contribution in [2.45, 2.75) is 13.0 Å². The molecule has 0 aliphatic heterocycles. The fourth-order valence-electron chi connectivity index (χ4n) is 1.98. The zero-order valence-electron chi connectivity index (χ0n) is 11.6. The lowest BCUT2D eigenvalue weighted by molar-refractivity contribution is 0.0730. The van der Waals surface area contributed by atoms with Gasteiger partial charge in [-0.25, -0.2) is 0 Å². The number of carbonyl (C=O) groups is 1. The van der Waals surface area contributed by atoms with Crippen molar-refractivity contribution in [1.29, 1.82) is 0 Å². The zero-order valence-corrected chi connectivity index (χ0v) is 12.3. The van der Waals surface area contributed by atoms with Gasteiger partial charge in [0.1, 0.15) is 0 Å². The van der Waals surface area contributed by atoms with E-state index in [2.05, 4.69) is 4.98 Å². The molecular weight excluding hydrogens is 288 g/mol. The Labute approximate surface area is 129 Å². The van der Waals surface area contributed by atoms with Crippen molar-refractivity contribution in [1.82, 2.24) is 9.88 Å². The van der Waals surface area contributed by atoms with Crippen molar-refractivity contribution in [3.8, 4) is 0 Å². The summed E-state index contributed by atoms with van der Waals surface area (Å²) in [4.78, 5) is 18.5. The number of aliphatic hydroxyl groups is 1. The maximum Gasteiger partial charge on any atom is 0.254 e. The lowest BCUT2D eigenvalue weighted by Crippen LogP contribution is -2.32. The zero-order chi connectivity index (χ0) is 15.1. The molecule has 0 fully saturated rings. The van der Waals surface area contributed by atoms with E-state index in [4.69, 9.17) is 16.7 Å². The van der Waals surface area contributed by atoms with Gasteiger partial charge in [0.05, 0.1) is 12.2 Å². The van der Waals surface area contributed by atoms with E-state index >= 15 is 0 Å².